The summed E-state index contributed by atoms with van der Waals surface area (Å²) in [5.74, 6) is 0. The molecule has 0 heterocycles. The number of hydrogen-bond donors (Lipinski definition) is 4. The van der Waals surface area contributed by atoms with E-state index >= 15 is 0 Å². The van der Waals surface area contributed by atoms with E-state index in [-0.39, 0.29) is 0 Å². The zero-order valence-electron chi connectivity index (χ0n) is 9.15. The summed E-state index contributed by atoms with van der Waals surface area (Å²) >= 11 is 5.08. The highest BCUT2D eigenvalue weighted by Gasteiger charge is 1.92. The van der Waals surface area contributed by atoms with Gasteiger partial charge in [0.1, 0.15) is 0 Å². The fraction of sp³-hybridized carbons (Fsp3) is 0.889. The first kappa shape index (κ1) is 13.6. The van der Waals surface area contributed by atoms with Gasteiger partial charge in [0, 0.05) is 26.2 Å². The molecule has 5 heteroatoms. The van der Waals surface area contributed by atoms with Gasteiger partial charge in [-0.1, -0.05) is 13.8 Å². The van der Waals surface area contributed by atoms with Crippen LogP contribution in [0.1, 0.15) is 13.8 Å². The Labute approximate surface area is 92.2 Å². The largest absolute Gasteiger partial charge is 0.361 e. The lowest BCUT2D eigenvalue weighted by Crippen LogP contribution is -2.41. The second kappa shape index (κ2) is 10.7. The monoisotopic (exact) mass is 218 g/mol. The molecule has 0 aromatic rings. The molecule has 0 fully saturated rings. The second-order valence-corrected chi connectivity index (χ2v) is 3.30. The third kappa shape index (κ3) is 9.70. The lowest BCUT2D eigenvalue weighted by Gasteiger charge is -2.10. The van der Waals surface area contributed by atoms with Crippen LogP contribution < -0.4 is 21.3 Å². The van der Waals surface area contributed by atoms with Crippen LogP contribution in [0, 0.1) is 0 Å². The molecule has 0 rings (SSSR count). The first-order valence-corrected chi connectivity index (χ1v) is 5.65. The van der Waals surface area contributed by atoms with Gasteiger partial charge in [-0.25, -0.2) is 0 Å². The number of likely N-dealkylation sites (N-methyl/N-ethyl adjacent to an activating group) is 2. The van der Waals surface area contributed by atoms with Crippen molar-refractivity contribution in [3.63, 3.8) is 0 Å². The molecular formula is C9H22N4S. The maximum absolute atomic E-state index is 5.08. The number of hydrogen-bond acceptors (Lipinski definition) is 3. The zero-order valence-corrected chi connectivity index (χ0v) is 9.97. The molecule has 0 atom stereocenters. The molecular weight excluding hydrogens is 196 g/mol. The fourth-order valence-electron chi connectivity index (χ4n) is 0.945. The minimum atomic E-state index is 0.737. The van der Waals surface area contributed by atoms with Crippen molar-refractivity contribution in [1.29, 1.82) is 0 Å². The highest BCUT2D eigenvalue weighted by atomic mass is 32.1. The van der Waals surface area contributed by atoms with Gasteiger partial charge in [0.15, 0.2) is 5.11 Å². The lowest BCUT2D eigenvalue weighted by molar-refractivity contribution is 0.674. The quantitative estimate of drug-likeness (QED) is 0.332. The molecule has 84 valence electrons. The average molecular weight is 218 g/mol. The molecule has 0 saturated heterocycles. The third-order valence-corrected chi connectivity index (χ3v) is 1.96. The summed E-state index contributed by atoms with van der Waals surface area (Å²) in [5, 5.41) is 13.4. The van der Waals surface area contributed by atoms with E-state index in [0.29, 0.717) is 0 Å². The van der Waals surface area contributed by atoms with Crippen LogP contribution in [0.25, 0.3) is 0 Å². The Morgan fingerprint density at radius 1 is 0.857 bits per heavy atom. The topological polar surface area (TPSA) is 48.1 Å². The smallest absolute Gasteiger partial charge is 0.166 e. The first-order valence-electron chi connectivity index (χ1n) is 5.24. The minimum absolute atomic E-state index is 0.737. The zero-order chi connectivity index (χ0) is 10.6. The van der Waals surface area contributed by atoms with Crippen LogP contribution >= 0.6 is 12.2 Å². The van der Waals surface area contributed by atoms with E-state index in [9.17, 15) is 0 Å². The molecule has 0 aromatic heterocycles. The van der Waals surface area contributed by atoms with Gasteiger partial charge < -0.3 is 21.3 Å². The van der Waals surface area contributed by atoms with E-state index < -0.39 is 0 Å². The molecule has 0 unspecified atom stereocenters. The van der Waals surface area contributed by atoms with Gasteiger partial charge in [0.25, 0.3) is 0 Å². The molecule has 14 heavy (non-hydrogen) atoms. The standard InChI is InChI=1S/C9H22N4S/c1-3-10-5-7-12-9(14)13-8-6-11-4-2/h10-11H,3-8H2,1-2H3,(H2,12,13,14). The molecule has 0 spiro atoms. The van der Waals surface area contributed by atoms with Gasteiger partial charge in [-0.15, -0.1) is 0 Å². The van der Waals surface area contributed by atoms with Crippen molar-refractivity contribution in [3.05, 3.63) is 0 Å². The molecule has 0 aliphatic carbocycles. The SMILES string of the molecule is CCNCCNC(=S)NCCNCC. The van der Waals surface area contributed by atoms with Crippen LogP contribution in [-0.4, -0.2) is 44.4 Å². The third-order valence-electron chi connectivity index (χ3n) is 1.67. The Morgan fingerprint density at radius 3 is 1.64 bits per heavy atom. The van der Waals surface area contributed by atoms with Crippen molar-refractivity contribution in [2.45, 2.75) is 13.8 Å². The van der Waals surface area contributed by atoms with E-state index in [0.717, 1.165) is 44.4 Å². The van der Waals surface area contributed by atoms with Gasteiger partial charge in [-0.2, -0.15) is 0 Å². The van der Waals surface area contributed by atoms with Gasteiger partial charge in [0.05, 0.1) is 0 Å². The maximum Gasteiger partial charge on any atom is 0.166 e. The summed E-state index contributed by atoms with van der Waals surface area (Å²) in [5.41, 5.74) is 0. The highest BCUT2D eigenvalue weighted by Crippen LogP contribution is 1.66. The molecule has 0 aromatic carbocycles. The predicted molar refractivity (Wildman–Crippen MR) is 65.7 cm³/mol. The van der Waals surface area contributed by atoms with Crippen LogP contribution in [0.3, 0.4) is 0 Å². The first-order chi connectivity index (χ1) is 6.81. The Bertz CT molecular complexity index is 127. The minimum Gasteiger partial charge on any atom is -0.361 e. The van der Waals surface area contributed by atoms with E-state index in [2.05, 4.69) is 35.1 Å². The Morgan fingerprint density at radius 2 is 1.29 bits per heavy atom. The van der Waals surface area contributed by atoms with E-state index in [4.69, 9.17) is 12.2 Å². The number of nitrogens with one attached hydrogen (secondary N) is 4. The van der Waals surface area contributed by atoms with E-state index in [1.807, 2.05) is 0 Å². The predicted octanol–water partition coefficient (Wildman–Crippen LogP) is -0.330. The van der Waals surface area contributed by atoms with Crippen LogP contribution in [-0.2, 0) is 0 Å². The van der Waals surface area contributed by atoms with Crippen LogP contribution in [0.15, 0.2) is 0 Å². The van der Waals surface area contributed by atoms with E-state index in [1.54, 1.807) is 0 Å². The number of rotatable bonds is 8. The van der Waals surface area contributed by atoms with Crippen molar-refractivity contribution in [2.24, 2.45) is 0 Å². The lowest BCUT2D eigenvalue weighted by atomic mass is 10.5. The van der Waals surface area contributed by atoms with E-state index in [1.165, 1.54) is 0 Å². The number of thiocarbonyl (C=S) groups is 1. The Kier molecular flexibility index (Phi) is 10.4. The molecule has 0 aliphatic rings. The second-order valence-electron chi connectivity index (χ2n) is 2.89. The molecule has 0 radical (unpaired) electrons. The average Bonchev–Trinajstić information content (AvgIpc) is 2.19. The summed E-state index contributed by atoms with van der Waals surface area (Å²) in [6.45, 7) is 9.84. The highest BCUT2D eigenvalue weighted by molar-refractivity contribution is 7.80. The molecule has 4 nitrogen and oxygen atoms in total. The summed E-state index contributed by atoms with van der Waals surface area (Å²) in [4.78, 5) is 0. The van der Waals surface area contributed by atoms with Gasteiger partial charge >= 0.3 is 0 Å². The normalized spacial score (nSPS) is 9.86. The van der Waals surface area contributed by atoms with Crippen molar-refractivity contribution in [3.8, 4) is 0 Å². The maximum atomic E-state index is 5.08. The van der Waals surface area contributed by atoms with Gasteiger partial charge in [-0.3, -0.25) is 0 Å². The van der Waals surface area contributed by atoms with Crippen LogP contribution in [0.4, 0.5) is 0 Å². The summed E-state index contributed by atoms with van der Waals surface area (Å²) in [6.07, 6.45) is 0. The van der Waals surface area contributed by atoms with Gasteiger partial charge in [0.2, 0.25) is 0 Å². The van der Waals surface area contributed by atoms with Crippen molar-refractivity contribution in [2.75, 3.05) is 39.3 Å². The molecule has 0 bridgehead atoms. The molecule has 4 N–H and O–H groups in total. The molecule has 0 amide bonds. The Balaban J connectivity index is 3.11. The summed E-state index contributed by atoms with van der Waals surface area (Å²) in [7, 11) is 0. The van der Waals surface area contributed by atoms with Crippen molar-refractivity contribution >= 4 is 17.3 Å². The molecule has 0 aliphatic heterocycles. The fourth-order valence-corrected chi connectivity index (χ4v) is 1.15. The van der Waals surface area contributed by atoms with Gasteiger partial charge in [-0.05, 0) is 25.3 Å². The molecule has 0 saturated carbocycles. The van der Waals surface area contributed by atoms with Crippen LogP contribution in [0.5, 0.6) is 0 Å². The summed E-state index contributed by atoms with van der Waals surface area (Å²) in [6, 6.07) is 0. The Hall–Kier alpha value is -0.390. The van der Waals surface area contributed by atoms with Crippen molar-refractivity contribution in [1.82, 2.24) is 21.3 Å². The van der Waals surface area contributed by atoms with Crippen molar-refractivity contribution < 1.29 is 0 Å². The van der Waals surface area contributed by atoms with Crippen LogP contribution in [0.2, 0.25) is 0 Å². The summed E-state index contributed by atoms with van der Waals surface area (Å²) < 4.78 is 0.